The Morgan fingerprint density at radius 3 is 2.62 bits per heavy atom. The van der Waals surface area contributed by atoms with Crippen LogP contribution in [0.25, 0.3) is 10.9 Å². The highest BCUT2D eigenvalue weighted by Gasteiger charge is 2.08. The normalized spacial score (nSPS) is 10.7. The second-order valence-electron chi connectivity index (χ2n) is 6.18. The zero-order chi connectivity index (χ0) is 18.7. The molecule has 134 valence electrons. The van der Waals surface area contributed by atoms with Gasteiger partial charge in [0, 0.05) is 30.8 Å². The maximum Gasteiger partial charge on any atom is 0.261 e. The molecule has 2 aromatic carbocycles. The van der Waals surface area contributed by atoms with E-state index in [0.29, 0.717) is 17.4 Å². The van der Waals surface area contributed by atoms with E-state index in [4.69, 9.17) is 0 Å². The van der Waals surface area contributed by atoms with Gasteiger partial charge in [0.2, 0.25) is 5.91 Å². The minimum absolute atomic E-state index is 0.0654. The molecule has 0 unspecified atom stereocenters. The van der Waals surface area contributed by atoms with Crippen molar-refractivity contribution in [1.82, 2.24) is 14.9 Å². The molecule has 0 saturated carbocycles. The van der Waals surface area contributed by atoms with Crippen LogP contribution in [0.2, 0.25) is 0 Å². The highest BCUT2D eigenvalue weighted by atomic mass is 79.9. The summed E-state index contributed by atoms with van der Waals surface area (Å²) in [7, 11) is 3.95. The lowest BCUT2D eigenvalue weighted by Crippen LogP contribution is -2.32. The SMILES string of the molecule is CN(C)c1ccc(CNC(=O)Cn2cnc3ccc(Br)cc3c2=O)cc1. The first kappa shape index (κ1) is 18.1. The van der Waals surface area contributed by atoms with E-state index in [-0.39, 0.29) is 18.0 Å². The zero-order valence-corrected chi connectivity index (χ0v) is 16.2. The summed E-state index contributed by atoms with van der Waals surface area (Å²) in [6, 6.07) is 13.2. The van der Waals surface area contributed by atoms with E-state index >= 15 is 0 Å². The van der Waals surface area contributed by atoms with E-state index in [1.165, 1.54) is 10.9 Å². The van der Waals surface area contributed by atoms with Crippen molar-refractivity contribution in [3.05, 3.63) is 69.2 Å². The van der Waals surface area contributed by atoms with Crippen molar-refractivity contribution in [2.75, 3.05) is 19.0 Å². The molecule has 0 aliphatic heterocycles. The van der Waals surface area contributed by atoms with Gasteiger partial charge in [0.25, 0.3) is 5.56 Å². The molecule has 26 heavy (non-hydrogen) atoms. The number of aromatic nitrogens is 2. The van der Waals surface area contributed by atoms with Crippen molar-refractivity contribution in [3.63, 3.8) is 0 Å². The molecule has 7 heteroatoms. The number of nitrogens with one attached hydrogen (secondary N) is 1. The summed E-state index contributed by atoms with van der Waals surface area (Å²) >= 11 is 3.35. The predicted octanol–water partition coefficient (Wildman–Crippen LogP) is 2.54. The molecule has 0 bridgehead atoms. The fourth-order valence-electron chi connectivity index (χ4n) is 2.57. The molecule has 0 aliphatic rings. The summed E-state index contributed by atoms with van der Waals surface area (Å²) in [6.07, 6.45) is 1.41. The Morgan fingerprint density at radius 2 is 1.92 bits per heavy atom. The molecule has 3 rings (SSSR count). The van der Waals surface area contributed by atoms with Crippen LogP contribution in [0, 0.1) is 0 Å². The van der Waals surface area contributed by atoms with Crippen molar-refractivity contribution in [3.8, 4) is 0 Å². The van der Waals surface area contributed by atoms with Crippen molar-refractivity contribution in [2.24, 2.45) is 0 Å². The standard InChI is InChI=1S/C19H19BrN4O2/c1-23(2)15-6-3-13(4-7-15)10-21-18(25)11-24-12-22-17-8-5-14(20)9-16(17)19(24)26/h3-9,12H,10-11H2,1-2H3,(H,21,25). The van der Waals surface area contributed by atoms with Gasteiger partial charge in [0.05, 0.1) is 17.2 Å². The third kappa shape index (κ3) is 4.11. The number of hydrogen-bond donors (Lipinski definition) is 1. The molecular formula is C19H19BrN4O2. The van der Waals surface area contributed by atoms with Crippen LogP contribution in [-0.2, 0) is 17.9 Å². The number of anilines is 1. The predicted molar refractivity (Wildman–Crippen MR) is 106 cm³/mol. The quantitative estimate of drug-likeness (QED) is 0.696. The van der Waals surface area contributed by atoms with Crippen molar-refractivity contribution in [1.29, 1.82) is 0 Å². The largest absolute Gasteiger partial charge is 0.378 e. The smallest absolute Gasteiger partial charge is 0.261 e. The number of hydrogen-bond acceptors (Lipinski definition) is 4. The Labute approximate surface area is 159 Å². The Hall–Kier alpha value is -2.67. The van der Waals surface area contributed by atoms with Gasteiger partial charge < -0.3 is 10.2 Å². The molecule has 1 heterocycles. The van der Waals surface area contributed by atoms with E-state index in [0.717, 1.165) is 15.7 Å². The van der Waals surface area contributed by atoms with Gasteiger partial charge in [0.15, 0.2) is 0 Å². The van der Waals surface area contributed by atoms with Crippen LogP contribution in [-0.4, -0.2) is 29.6 Å². The summed E-state index contributed by atoms with van der Waals surface area (Å²) in [4.78, 5) is 31.0. The third-order valence-electron chi connectivity index (χ3n) is 4.04. The van der Waals surface area contributed by atoms with Crippen LogP contribution in [0.4, 0.5) is 5.69 Å². The second kappa shape index (κ2) is 7.70. The lowest BCUT2D eigenvalue weighted by Gasteiger charge is -2.13. The van der Waals surface area contributed by atoms with Crippen molar-refractivity contribution < 1.29 is 4.79 Å². The summed E-state index contributed by atoms with van der Waals surface area (Å²) in [5.41, 5.74) is 2.47. The number of halogens is 1. The molecule has 1 N–H and O–H groups in total. The van der Waals surface area contributed by atoms with E-state index < -0.39 is 0 Å². The van der Waals surface area contributed by atoms with Gasteiger partial charge in [-0.25, -0.2) is 4.98 Å². The van der Waals surface area contributed by atoms with Gasteiger partial charge in [-0.1, -0.05) is 28.1 Å². The average Bonchev–Trinajstić information content (AvgIpc) is 2.63. The number of nitrogens with zero attached hydrogens (tertiary/aromatic N) is 3. The molecule has 6 nitrogen and oxygen atoms in total. The van der Waals surface area contributed by atoms with Gasteiger partial charge in [-0.3, -0.25) is 14.2 Å². The first-order valence-corrected chi connectivity index (χ1v) is 8.91. The van der Waals surface area contributed by atoms with Crippen LogP contribution in [0.5, 0.6) is 0 Å². The van der Waals surface area contributed by atoms with Crippen LogP contribution in [0.1, 0.15) is 5.56 Å². The van der Waals surface area contributed by atoms with Crippen LogP contribution < -0.4 is 15.8 Å². The molecule has 3 aromatic rings. The van der Waals surface area contributed by atoms with Gasteiger partial charge >= 0.3 is 0 Å². The summed E-state index contributed by atoms with van der Waals surface area (Å²) < 4.78 is 2.12. The Morgan fingerprint density at radius 1 is 1.19 bits per heavy atom. The molecule has 0 saturated heterocycles. The third-order valence-corrected chi connectivity index (χ3v) is 4.54. The van der Waals surface area contributed by atoms with Crippen molar-refractivity contribution in [2.45, 2.75) is 13.1 Å². The molecule has 1 amide bonds. The van der Waals surface area contributed by atoms with E-state index in [1.54, 1.807) is 12.1 Å². The maximum atomic E-state index is 12.5. The summed E-state index contributed by atoms with van der Waals surface area (Å²) in [5, 5.41) is 3.31. The second-order valence-corrected chi connectivity index (χ2v) is 7.09. The molecular weight excluding hydrogens is 396 g/mol. The highest BCUT2D eigenvalue weighted by Crippen LogP contribution is 2.15. The zero-order valence-electron chi connectivity index (χ0n) is 14.6. The molecule has 0 aliphatic carbocycles. The number of amides is 1. The number of carbonyl (C=O) groups is 1. The minimum Gasteiger partial charge on any atom is -0.378 e. The first-order valence-electron chi connectivity index (χ1n) is 8.12. The maximum absolute atomic E-state index is 12.5. The highest BCUT2D eigenvalue weighted by molar-refractivity contribution is 9.10. The van der Waals surface area contributed by atoms with Gasteiger partial charge in [-0.15, -0.1) is 0 Å². The Kier molecular flexibility index (Phi) is 5.37. The van der Waals surface area contributed by atoms with Crippen molar-refractivity contribution >= 4 is 38.4 Å². The van der Waals surface area contributed by atoms with E-state index in [9.17, 15) is 9.59 Å². The number of rotatable bonds is 5. The Bertz CT molecular complexity index is 997. The number of benzene rings is 2. The van der Waals surface area contributed by atoms with E-state index in [2.05, 4.69) is 26.2 Å². The molecule has 0 atom stereocenters. The average molecular weight is 415 g/mol. The van der Waals surface area contributed by atoms with Gasteiger partial charge in [-0.2, -0.15) is 0 Å². The molecule has 1 aromatic heterocycles. The lowest BCUT2D eigenvalue weighted by atomic mass is 10.2. The molecule has 0 spiro atoms. The first-order chi connectivity index (χ1) is 12.4. The number of fused-ring (bicyclic) bond motifs is 1. The van der Waals surface area contributed by atoms with Crippen LogP contribution in [0.3, 0.4) is 0 Å². The minimum atomic E-state index is -0.236. The van der Waals surface area contributed by atoms with E-state index in [1.807, 2.05) is 49.3 Å². The topological polar surface area (TPSA) is 67.2 Å². The fraction of sp³-hybridized carbons (Fsp3) is 0.211. The Balaban J connectivity index is 1.67. The van der Waals surface area contributed by atoms with Gasteiger partial charge in [0.1, 0.15) is 6.54 Å². The van der Waals surface area contributed by atoms with Gasteiger partial charge in [-0.05, 0) is 35.9 Å². The van der Waals surface area contributed by atoms with Crippen LogP contribution >= 0.6 is 15.9 Å². The lowest BCUT2D eigenvalue weighted by molar-refractivity contribution is -0.121. The number of carbonyl (C=O) groups excluding carboxylic acids is 1. The molecule has 0 radical (unpaired) electrons. The van der Waals surface area contributed by atoms with Crippen LogP contribution in [0.15, 0.2) is 58.1 Å². The summed E-state index contributed by atoms with van der Waals surface area (Å²) in [5.74, 6) is -0.236. The molecule has 0 fully saturated rings. The monoisotopic (exact) mass is 414 g/mol. The fourth-order valence-corrected chi connectivity index (χ4v) is 2.93. The summed E-state index contributed by atoms with van der Waals surface area (Å²) in [6.45, 7) is 0.345.